The van der Waals surface area contributed by atoms with Crippen LogP contribution in [-0.4, -0.2) is 6.61 Å². The second-order valence-corrected chi connectivity index (χ2v) is 7.16. The molecule has 1 atom stereocenters. The highest BCUT2D eigenvalue weighted by molar-refractivity contribution is 7.16. The van der Waals surface area contributed by atoms with Gasteiger partial charge in [-0.1, -0.05) is 24.6 Å². The Morgan fingerprint density at radius 2 is 2.29 bits per heavy atom. The van der Waals surface area contributed by atoms with Crippen molar-refractivity contribution < 1.29 is 4.74 Å². The van der Waals surface area contributed by atoms with Gasteiger partial charge in [0.25, 0.3) is 0 Å². The van der Waals surface area contributed by atoms with Gasteiger partial charge in [-0.05, 0) is 49.4 Å². The van der Waals surface area contributed by atoms with Gasteiger partial charge in [0.1, 0.15) is 5.75 Å². The number of halogens is 1. The number of rotatable bonds is 5. The average molecular weight is 322 g/mol. The molecule has 112 valence electrons. The predicted molar refractivity (Wildman–Crippen MR) is 90.9 cm³/mol. The number of hydrogen-bond donors (Lipinski definition) is 1. The molecule has 0 aliphatic heterocycles. The molecule has 0 bridgehead atoms. The van der Waals surface area contributed by atoms with Gasteiger partial charge in [-0.3, -0.25) is 0 Å². The minimum absolute atomic E-state index is 0.360. The molecular formula is C17H20ClNOS. The molecule has 0 saturated heterocycles. The van der Waals surface area contributed by atoms with Gasteiger partial charge in [-0.25, -0.2) is 0 Å². The van der Waals surface area contributed by atoms with Crippen LogP contribution >= 0.6 is 22.9 Å². The molecule has 21 heavy (non-hydrogen) atoms. The summed E-state index contributed by atoms with van der Waals surface area (Å²) < 4.78 is 6.60. The van der Waals surface area contributed by atoms with E-state index in [-0.39, 0.29) is 0 Å². The fraction of sp³-hybridized carbons (Fsp3) is 0.412. The van der Waals surface area contributed by atoms with E-state index in [4.69, 9.17) is 16.3 Å². The molecule has 2 aromatic rings. The van der Waals surface area contributed by atoms with E-state index in [1.165, 1.54) is 16.9 Å². The normalized spacial score (nSPS) is 17.3. The molecule has 1 N–H and O–H groups in total. The second kappa shape index (κ2) is 6.71. The van der Waals surface area contributed by atoms with Crippen molar-refractivity contribution in [3.8, 4) is 5.75 Å². The molecule has 3 rings (SSSR count). The summed E-state index contributed by atoms with van der Waals surface area (Å²) in [5.41, 5.74) is 2.49. The summed E-state index contributed by atoms with van der Waals surface area (Å²) in [5.74, 6) is 0.932. The van der Waals surface area contributed by atoms with E-state index in [0.717, 1.165) is 41.6 Å². The zero-order valence-corrected chi connectivity index (χ0v) is 13.8. The maximum atomic E-state index is 6.17. The molecular weight excluding hydrogens is 302 g/mol. The molecule has 1 aromatic carbocycles. The van der Waals surface area contributed by atoms with Crippen LogP contribution in [0.4, 0.5) is 5.69 Å². The highest BCUT2D eigenvalue weighted by Gasteiger charge is 2.22. The Hall–Kier alpha value is -1.19. The van der Waals surface area contributed by atoms with Crippen molar-refractivity contribution in [3.05, 3.63) is 45.1 Å². The minimum Gasteiger partial charge on any atom is -0.494 e. The van der Waals surface area contributed by atoms with Crippen molar-refractivity contribution in [2.24, 2.45) is 0 Å². The Labute approximate surface area is 135 Å². The fourth-order valence-corrected chi connectivity index (χ4v) is 4.15. The average Bonchev–Trinajstić information content (AvgIpc) is 2.87. The molecule has 1 aromatic heterocycles. The molecule has 2 nitrogen and oxygen atoms in total. The van der Waals surface area contributed by atoms with Crippen LogP contribution in [0.25, 0.3) is 0 Å². The van der Waals surface area contributed by atoms with Crippen molar-refractivity contribution in [1.29, 1.82) is 0 Å². The molecule has 0 radical (unpaired) electrons. The molecule has 1 heterocycles. The Morgan fingerprint density at radius 1 is 1.38 bits per heavy atom. The third kappa shape index (κ3) is 3.53. The van der Waals surface area contributed by atoms with E-state index in [2.05, 4.69) is 30.4 Å². The number of fused-ring (bicyclic) bond motifs is 1. The Bertz CT molecular complexity index is 611. The summed E-state index contributed by atoms with van der Waals surface area (Å²) in [4.78, 5) is 1.43. The lowest BCUT2D eigenvalue weighted by Gasteiger charge is -2.24. The van der Waals surface area contributed by atoms with Crippen molar-refractivity contribution in [2.45, 2.75) is 38.6 Å². The molecule has 1 aliphatic carbocycles. The van der Waals surface area contributed by atoms with Gasteiger partial charge in [-0.15, -0.1) is 11.3 Å². The van der Waals surface area contributed by atoms with Crippen molar-refractivity contribution in [1.82, 2.24) is 0 Å². The lowest BCUT2D eigenvalue weighted by Crippen LogP contribution is -2.15. The lowest BCUT2D eigenvalue weighted by molar-refractivity contribution is 0.317. The Morgan fingerprint density at radius 3 is 3.14 bits per heavy atom. The Balaban J connectivity index is 1.75. The van der Waals surface area contributed by atoms with E-state index < -0.39 is 0 Å². The first-order valence-corrected chi connectivity index (χ1v) is 8.73. The monoisotopic (exact) mass is 321 g/mol. The SMILES string of the molecule is CCCOc1cccc(NC2CCCc3sc(Cl)cc32)c1. The molecule has 0 fully saturated rings. The van der Waals surface area contributed by atoms with Crippen LogP contribution in [0.15, 0.2) is 30.3 Å². The van der Waals surface area contributed by atoms with Crippen molar-refractivity contribution in [3.63, 3.8) is 0 Å². The van der Waals surface area contributed by atoms with Gasteiger partial charge < -0.3 is 10.1 Å². The van der Waals surface area contributed by atoms with E-state index >= 15 is 0 Å². The third-order valence-corrected chi connectivity index (χ3v) is 5.07. The second-order valence-electron chi connectivity index (χ2n) is 5.39. The van der Waals surface area contributed by atoms with E-state index in [9.17, 15) is 0 Å². The highest BCUT2D eigenvalue weighted by Crippen LogP contribution is 2.39. The first-order chi connectivity index (χ1) is 10.3. The largest absolute Gasteiger partial charge is 0.494 e. The first-order valence-electron chi connectivity index (χ1n) is 7.54. The van der Waals surface area contributed by atoms with Crippen LogP contribution < -0.4 is 10.1 Å². The maximum Gasteiger partial charge on any atom is 0.121 e. The fourth-order valence-electron chi connectivity index (χ4n) is 2.77. The maximum absolute atomic E-state index is 6.17. The van der Waals surface area contributed by atoms with Crippen molar-refractivity contribution >= 4 is 28.6 Å². The molecule has 1 aliphatic rings. The summed E-state index contributed by atoms with van der Waals surface area (Å²) in [6.07, 6.45) is 4.55. The zero-order chi connectivity index (χ0) is 14.7. The smallest absolute Gasteiger partial charge is 0.121 e. The predicted octanol–water partition coefficient (Wildman–Crippen LogP) is 5.68. The van der Waals surface area contributed by atoms with E-state index in [0.29, 0.717) is 6.04 Å². The van der Waals surface area contributed by atoms with Gasteiger partial charge >= 0.3 is 0 Å². The van der Waals surface area contributed by atoms with Crippen LogP contribution in [0.2, 0.25) is 4.34 Å². The van der Waals surface area contributed by atoms with Gasteiger partial charge in [-0.2, -0.15) is 0 Å². The number of nitrogens with one attached hydrogen (secondary N) is 1. The van der Waals surface area contributed by atoms with Crippen molar-refractivity contribution in [2.75, 3.05) is 11.9 Å². The molecule has 0 spiro atoms. The standard InChI is InChI=1S/C17H20ClNOS/c1-2-9-20-13-6-3-5-12(10-13)19-15-7-4-8-16-14(15)11-17(18)21-16/h3,5-6,10-11,15,19H,2,4,7-9H2,1H3. The number of hydrogen-bond acceptors (Lipinski definition) is 3. The number of aryl methyl sites for hydroxylation is 1. The van der Waals surface area contributed by atoms with E-state index in [1.54, 1.807) is 11.3 Å². The molecule has 0 saturated carbocycles. The van der Waals surface area contributed by atoms with Gasteiger partial charge in [0.05, 0.1) is 17.0 Å². The van der Waals surface area contributed by atoms with Crippen LogP contribution in [0, 0.1) is 0 Å². The lowest BCUT2D eigenvalue weighted by atomic mass is 9.94. The van der Waals surface area contributed by atoms with Gasteiger partial charge in [0, 0.05) is 16.6 Å². The van der Waals surface area contributed by atoms with Crippen LogP contribution in [0.3, 0.4) is 0 Å². The minimum atomic E-state index is 0.360. The quantitative estimate of drug-likeness (QED) is 0.765. The Kier molecular flexibility index (Phi) is 4.71. The van der Waals surface area contributed by atoms with E-state index in [1.807, 2.05) is 12.1 Å². The number of anilines is 1. The number of benzene rings is 1. The number of thiophene rings is 1. The summed E-state index contributed by atoms with van der Waals surface area (Å²) in [7, 11) is 0. The molecule has 4 heteroatoms. The van der Waals surface area contributed by atoms with Crippen LogP contribution in [-0.2, 0) is 6.42 Å². The van der Waals surface area contributed by atoms with Crippen LogP contribution in [0.1, 0.15) is 42.7 Å². The summed E-state index contributed by atoms with van der Waals surface area (Å²) in [6, 6.07) is 10.7. The summed E-state index contributed by atoms with van der Waals surface area (Å²) in [6.45, 7) is 2.88. The number of ether oxygens (including phenoxy) is 1. The topological polar surface area (TPSA) is 21.3 Å². The summed E-state index contributed by atoms with van der Waals surface area (Å²) >= 11 is 7.89. The van der Waals surface area contributed by atoms with Crippen LogP contribution in [0.5, 0.6) is 5.75 Å². The van der Waals surface area contributed by atoms with Gasteiger partial charge in [0.15, 0.2) is 0 Å². The summed E-state index contributed by atoms with van der Waals surface area (Å²) in [5, 5.41) is 3.64. The molecule has 1 unspecified atom stereocenters. The zero-order valence-electron chi connectivity index (χ0n) is 12.2. The third-order valence-electron chi connectivity index (χ3n) is 3.73. The van der Waals surface area contributed by atoms with Gasteiger partial charge in [0.2, 0.25) is 0 Å². The molecule has 0 amide bonds. The highest BCUT2D eigenvalue weighted by atomic mass is 35.5. The first kappa shape index (κ1) is 14.7.